The topological polar surface area (TPSA) is 38.3 Å². The number of aryl methyl sites for hydroxylation is 1. The lowest BCUT2D eigenvalue weighted by molar-refractivity contribution is -0.116. The van der Waals surface area contributed by atoms with Crippen molar-refractivity contribution in [3.05, 3.63) is 54.3 Å². The van der Waals surface area contributed by atoms with Crippen molar-refractivity contribution < 1.29 is 9.53 Å². The van der Waals surface area contributed by atoms with E-state index in [4.69, 9.17) is 4.74 Å². The molecule has 1 aromatic rings. The van der Waals surface area contributed by atoms with Crippen LogP contribution in [0, 0.1) is 6.92 Å². The van der Waals surface area contributed by atoms with Crippen LogP contribution in [-0.2, 0) is 9.53 Å². The number of amides is 1. The van der Waals surface area contributed by atoms with Gasteiger partial charge in [0.2, 0.25) is 0 Å². The third-order valence-electron chi connectivity index (χ3n) is 2.10. The van der Waals surface area contributed by atoms with Crippen molar-refractivity contribution in [3.8, 4) is 0 Å². The van der Waals surface area contributed by atoms with Crippen LogP contribution < -0.4 is 5.32 Å². The molecule has 90 valence electrons. The summed E-state index contributed by atoms with van der Waals surface area (Å²) in [5, 5.41) is 2.76. The second kappa shape index (κ2) is 6.53. The maximum Gasteiger partial charge on any atom is 0.290 e. The molecule has 0 atom stereocenters. The van der Waals surface area contributed by atoms with Gasteiger partial charge in [-0.1, -0.05) is 30.4 Å². The summed E-state index contributed by atoms with van der Waals surface area (Å²) in [7, 11) is 0. The Bertz CT molecular complexity index is 418. The minimum Gasteiger partial charge on any atom is -0.488 e. The molecule has 0 aliphatic carbocycles. The average molecular weight is 231 g/mol. The molecule has 1 aromatic carbocycles. The lowest BCUT2D eigenvalue weighted by Gasteiger charge is -2.09. The first-order valence-electron chi connectivity index (χ1n) is 5.51. The molecular weight excluding hydrogens is 214 g/mol. The zero-order valence-electron chi connectivity index (χ0n) is 10.2. The van der Waals surface area contributed by atoms with Crippen molar-refractivity contribution in [2.45, 2.75) is 13.8 Å². The van der Waals surface area contributed by atoms with Gasteiger partial charge in [-0.25, -0.2) is 0 Å². The van der Waals surface area contributed by atoms with E-state index in [-0.39, 0.29) is 11.7 Å². The summed E-state index contributed by atoms with van der Waals surface area (Å²) in [5.74, 6) is -0.00122. The number of ether oxygens (including phenoxy) is 1. The van der Waals surface area contributed by atoms with E-state index in [9.17, 15) is 4.79 Å². The molecule has 1 amide bonds. The van der Waals surface area contributed by atoms with E-state index in [1.807, 2.05) is 38.1 Å². The third-order valence-corrected chi connectivity index (χ3v) is 2.10. The zero-order chi connectivity index (χ0) is 12.7. The predicted molar refractivity (Wildman–Crippen MR) is 69.7 cm³/mol. The Balaban J connectivity index is 2.73. The van der Waals surface area contributed by atoms with Crippen molar-refractivity contribution in [1.29, 1.82) is 0 Å². The maximum atomic E-state index is 11.8. The summed E-state index contributed by atoms with van der Waals surface area (Å²) < 4.78 is 5.22. The molecule has 0 unspecified atom stereocenters. The number of rotatable bonds is 5. The van der Waals surface area contributed by atoms with Gasteiger partial charge in [0, 0.05) is 5.69 Å². The van der Waals surface area contributed by atoms with Gasteiger partial charge < -0.3 is 10.1 Å². The Morgan fingerprint density at radius 2 is 2.06 bits per heavy atom. The standard InChI is InChI=1S/C14H17NO2/c1-4-6-13(17-5-2)14(16)15-12-9-7-11(3)8-10-12/h4,6-10H,1,5H2,2-3H3,(H,15,16)/b13-6+. The molecule has 0 saturated heterocycles. The van der Waals surface area contributed by atoms with E-state index in [1.165, 1.54) is 6.08 Å². The van der Waals surface area contributed by atoms with Gasteiger partial charge in [0.15, 0.2) is 5.76 Å². The molecule has 0 spiro atoms. The molecule has 3 nitrogen and oxygen atoms in total. The Morgan fingerprint density at radius 1 is 1.41 bits per heavy atom. The van der Waals surface area contributed by atoms with E-state index in [2.05, 4.69) is 11.9 Å². The van der Waals surface area contributed by atoms with Crippen LogP contribution in [-0.4, -0.2) is 12.5 Å². The summed E-state index contributed by atoms with van der Waals surface area (Å²) in [6.07, 6.45) is 3.08. The van der Waals surface area contributed by atoms with Crippen LogP contribution in [0.2, 0.25) is 0 Å². The van der Waals surface area contributed by atoms with Gasteiger partial charge in [0.1, 0.15) is 0 Å². The number of allylic oxidation sites excluding steroid dienone is 2. The molecule has 0 aromatic heterocycles. The molecule has 0 radical (unpaired) electrons. The number of hydrogen-bond donors (Lipinski definition) is 1. The molecule has 1 rings (SSSR count). The smallest absolute Gasteiger partial charge is 0.290 e. The molecule has 17 heavy (non-hydrogen) atoms. The summed E-state index contributed by atoms with van der Waals surface area (Å²) >= 11 is 0. The fourth-order valence-electron chi connectivity index (χ4n) is 1.28. The number of carbonyl (C=O) groups is 1. The van der Waals surface area contributed by atoms with Gasteiger partial charge in [-0.2, -0.15) is 0 Å². The van der Waals surface area contributed by atoms with E-state index in [1.54, 1.807) is 6.08 Å². The second-order valence-corrected chi connectivity index (χ2v) is 3.52. The van der Waals surface area contributed by atoms with Crippen molar-refractivity contribution >= 4 is 11.6 Å². The number of carbonyl (C=O) groups excluding carboxylic acids is 1. The fraction of sp³-hybridized carbons (Fsp3) is 0.214. The molecule has 3 heteroatoms. The van der Waals surface area contributed by atoms with Gasteiger partial charge in [0.05, 0.1) is 6.61 Å². The largest absolute Gasteiger partial charge is 0.488 e. The summed E-state index contributed by atoms with van der Waals surface area (Å²) in [6.45, 7) is 7.82. The number of nitrogens with one attached hydrogen (secondary N) is 1. The molecule has 1 N–H and O–H groups in total. The highest BCUT2D eigenvalue weighted by Crippen LogP contribution is 2.10. The minimum atomic E-state index is -0.268. The Morgan fingerprint density at radius 3 is 2.59 bits per heavy atom. The molecule has 0 aliphatic rings. The lowest BCUT2D eigenvalue weighted by Crippen LogP contribution is -2.16. The van der Waals surface area contributed by atoms with E-state index < -0.39 is 0 Å². The van der Waals surface area contributed by atoms with Crippen LogP contribution in [0.1, 0.15) is 12.5 Å². The normalized spacial score (nSPS) is 10.8. The average Bonchev–Trinajstić information content (AvgIpc) is 2.32. The van der Waals surface area contributed by atoms with E-state index in [0.717, 1.165) is 11.3 Å². The zero-order valence-corrected chi connectivity index (χ0v) is 10.2. The fourth-order valence-corrected chi connectivity index (χ4v) is 1.28. The second-order valence-electron chi connectivity index (χ2n) is 3.52. The van der Waals surface area contributed by atoms with Gasteiger partial charge in [0.25, 0.3) is 5.91 Å². The van der Waals surface area contributed by atoms with Crippen LogP contribution >= 0.6 is 0 Å². The first-order chi connectivity index (χ1) is 8.17. The Hall–Kier alpha value is -2.03. The Kier molecular flexibility index (Phi) is 5.01. The molecular formula is C14H17NO2. The molecule has 0 fully saturated rings. The van der Waals surface area contributed by atoms with E-state index in [0.29, 0.717) is 6.61 Å². The molecule has 0 bridgehead atoms. The SMILES string of the molecule is C=C/C=C(/OCC)C(=O)Nc1ccc(C)cc1. The first kappa shape index (κ1) is 13.0. The monoisotopic (exact) mass is 231 g/mol. The van der Waals surface area contributed by atoms with Gasteiger partial charge in [-0.05, 0) is 32.1 Å². The quantitative estimate of drug-likeness (QED) is 0.480. The summed E-state index contributed by atoms with van der Waals surface area (Å²) in [6, 6.07) is 7.58. The highest BCUT2D eigenvalue weighted by atomic mass is 16.5. The highest BCUT2D eigenvalue weighted by Gasteiger charge is 2.09. The predicted octanol–water partition coefficient (Wildman–Crippen LogP) is 3.04. The number of benzene rings is 1. The first-order valence-corrected chi connectivity index (χ1v) is 5.51. The van der Waals surface area contributed by atoms with Gasteiger partial charge >= 0.3 is 0 Å². The van der Waals surface area contributed by atoms with Crippen LogP contribution in [0.4, 0.5) is 5.69 Å². The van der Waals surface area contributed by atoms with Crippen LogP contribution in [0.25, 0.3) is 0 Å². The number of anilines is 1. The maximum absolute atomic E-state index is 11.8. The lowest BCUT2D eigenvalue weighted by atomic mass is 10.2. The molecule has 0 saturated carbocycles. The molecule has 0 aliphatic heterocycles. The van der Waals surface area contributed by atoms with Crippen LogP contribution in [0.3, 0.4) is 0 Å². The summed E-state index contributed by atoms with van der Waals surface area (Å²) in [4.78, 5) is 11.8. The van der Waals surface area contributed by atoms with Crippen molar-refractivity contribution in [1.82, 2.24) is 0 Å². The highest BCUT2D eigenvalue weighted by molar-refractivity contribution is 6.02. The van der Waals surface area contributed by atoms with Crippen LogP contribution in [0.15, 0.2) is 48.8 Å². The van der Waals surface area contributed by atoms with E-state index >= 15 is 0 Å². The Labute approximate surface area is 102 Å². The van der Waals surface area contributed by atoms with Crippen molar-refractivity contribution in [3.63, 3.8) is 0 Å². The summed E-state index contributed by atoms with van der Waals surface area (Å²) in [5.41, 5.74) is 1.89. The number of hydrogen-bond acceptors (Lipinski definition) is 2. The van der Waals surface area contributed by atoms with Crippen LogP contribution in [0.5, 0.6) is 0 Å². The third kappa shape index (κ3) is 4.15. The molecule has 0 heterocycles. The minimum absolute atomic E-state index is 0.267. The van der Waals surface area contributed by atoms with Crippen molar-refractivity contribution in [2.24, 2.45) is 0 Å². The van der Waals surface area contributed by atoms with Gasteiger partial charge in [-0.15, -0.1) is 0 Å². The van der Waals surface area contributed by atoms with Gasteiger partial charge in [-0.3, -0.25) is 4.79 Å². The van der Waals surface area contributed by atoms with Crippen molar-refractivity contribution in [2.75, 3.05) is 11.9 Å².